The molecule has 10 heteroatoms. The maximum Gasteiger partial charge on any atom is 0.343 e. The number of hydrogen-bond acceptors (Lipinski definition) is 6. The van der Waals surface area contributed by atoms with Crippen LogP contribution in [0.3, 0.4) is 0 Å². The third-order valence-electron chi connectivity index (χ3n) is 5.48. The van der Waals surface area contributed by atoms with E-state index < -0.39 is 24.4 Å². The number of fused-ring (bicyclic) bond motifs is 1. The van der Waals surface area contributed by atoms with Crippen LogP contribution in [0.5, 0.6) is 0 Å². The van der Waals surface area contributed by atoms with Crippen LogP contribution in [0.1, 0.15) is 54.4 Å². The van der Waals surface area contributed by atoms with Crippen molar-refractivity contribution >= 4 is 45.7 Å². The number of rotatable bonds is 7. The minimum atomic E-state index is -0.744. The number of amides is 2. The number of anilines is 1. The second kappa shape index (κ2) is 9.36. The molecule has 0 aliphatic heterocycles. The number of carbonyl (C=O) groups excluding carboxylic acids is 3. The lowest BCUT2D eigenvalue weighted by Gasteiger charge is -2.07. The highest BCUT2D eigenvalue weighted by molar-refractivity contribution is 7.17. The second-order valence-corrected chi connectivity index (χ2v) is 9.41. The molecule has 3 N–H and O–H groups in total. The Morgan fingerprint density at radius 3 is 2.61 bits per heavy atom. The summed E-state index contributed by atoms with van der Waals surface area (Å²) in [5.41, 5.74) is 9.41. The van der Waals surface area contributed by atoms with Crippen molar-refractivity contribution in [2.45, 2.75) is 39.7 Å². The minimum Gasteiger partial charge on any atom is -0.452 e. The fourth-order valence-corrected chi connectivity index (χ4v) is 5.50. The zero-order chi connectivity index (χ0) is 23.7. The average Bonchev–Trinajstić information content (AvgIpc) is 3.41. The van der Waals surface area contributed by atoms with E-state index in [2.05, 4.69) is 10.4 Å². The van der Waals surface area contributed by atoms with Gasteiger partial charge in [0.2, 0.25) is 0 Å². The number of halogens is 1. The first kappa shape index (κ1) is 23.0. The molecular weight excluding hydrogens is 464 g/mol. The summed E-state index contributed by atoms with van der Waals surface area (Å²) in [5, 5.41) is 7.52. The topological polar surface area (TPSA) is 116 Å². The summed E-state index contributed by atoms with van der Waals surface area (Å²) in [6.45, 7) is 3.52. The molecule has 1 aliphatic carbocycles. The summed E-state index contributed by atoms with van der Waals surface area (Å²) in [5.74, 6) is -1.89. The molecule has 1 aliphatic rings. The van der Waals surface area contributed by atoms with Crippen molar-refractivity contribution in [1.29, 1.82) is 0 Å². The number of nitrogens with two attached hydrogens (primary N) is 1. The predicted octanol–water partition coefficient (Wildman–Crippen LogP) is 3.65. The summed E-state index contributed by atoms with van der Waals surface area (Å²) >= 11 is 7.74. The van der Waals surface area contributed by atoms with Crippen molar-refractivity contribution in [1.82, 2.24) is 9.78 Å². The molecule has 2 amide bonds. The Balaban J connectivity index is 1.41. The number of carbonyl (C=O) groups is 3. The van der Waals surface area contributed by atoms with Gasteiger partial charge in [0.1, 0.15) is 15.7 Å². The molecule has 0 saturated heterocycles. The molecule has 0 fully saturated rings. The van der Waals surface area contributed by atoms with Crippen LogP contribution in [-0.2, 0) is 28.9 Å². The molecule has 0 bridgehead atoms. The standard InChI is InChI=1S/C23H23ClN4O4S/c1-12-6-8-14(9-7-12)10-28-20(24)18(13(2)27-28)23(31)32-11-17(29)26-22-19(21(25)30)15-4-3-5-16(15)33-22/h6-9H,3-5,10-11H2,1-2H3,(H2,25,30)(H,26,29). The number of benzene rings is 1. The molecule has 0 radical (unpaired) electrons. The molecule has 3 aromatic rings. The Hall–Kier alpha value is -3.17. The average molecular weight is 487 g/mol. The number of aromatic nitrogens is 2. The first-order valence-electron chi connectivity index (χ1n) is 10.4. The molecule has 2 heterocycles. The molecule has 0 unspecified atom stereocenters. The van der Waals surface area contributed by atoms with E-state index in [-0.39, 0.29) is 10.7 Å². The number of esters is 1. The SMILES string of the molecule is Cc1ccc(Cn2nc(C)c(C(=O)OCC(=O)Nc3sc4c(c3C(N)=O)CCC4)c2Cl)cc1. The number of hydrogen-bond donors (Lipinski definition) is 2. The summed E-state index contributed by atoms with van der Waals surface area (Å²) in [7, 11) is 0. The van der Waals surface area contributed by atoms with Gasteiger partial charge in [-0.3, -0.25) is 9.59 Å². The van der Waals surface area contributed by atoms with Gasteiger partial charge < -0.3 is 15.8 Å². The van der Waals surface area contributed by atoms with Gasteiger partial charge in [0, 0.05) is 4.88 Å². The Labute approximate surface area is 199 Å². The van der Waals surface area contributed by atoms with E-state index in [4.69, 9.17) is 22.1 Å². The monoisotopic (exact) mass is 486 g/mol. The molecule has 4 rings (SSSR count). The Kier molecular flexibility index (Phi) is 6.53. The number of aryl methyl sites for hydroxylation is 3. The van der Waals surface area contributed by atoms with E-state index in [0.717, 1.165) is 40.8 Å². The van der Waals surface area contributed by atoms with Crippen LogP contribution in [-0.4, -0.2) is 34.2 Å². The van der Waals surface area contributed by atoms with Gasteiger partial charge in [-0.25, -0.2) is 9.48 Å². The quantitative estimate of drug-likeness (QED) is 0.494. The van der Waals surface area contributed by atoms with Gasteiger partial charge in [0.05, 0.1) is 17.8 Å². The zero-order valence-corrected chi connectivity index (χ0v) is 19.8. The number of ether oxygens (including phenoxy) is 1. The zero-order valence-electron chi connectivity index (χ0n) is 18.2. The van der Waals surface area contributed by atoms with Crippen molar-refractivity contribution in [3.8, 4) is 0 Å². The van der Waals surface area contributed by atoms with Crippen LogP contribution >= 0.6 is 22.9 Å². The summed E-state index contributed by atoms with van der Waals surface area (Å²) in [4.78, 5) is 38.0. The highest BCUT2D eigenvalue weighted by Crippen LogP contribution is 2.38. The molecule has 0 atom stereocenters. The molecule has 0 saturated carbocycles. The highest BCUT2D eigenvalue weighted by atomic mass is 35.5. The lowest BCUT2D eigenvalue weighted by Crippen LogP contribution is -2.23. The van der Waals surface area contributed by atoms with Crippen LogP contribution in [0.4, 0.5) is 5.00 Å². The van der Waals surface area contributed by atoms with E-state index >= 15 is 0 Å². The predicted molar refractivity (Wildman–Crippen MR) is 126 cm³/mol. The van der Waals surface area contributed by atoms with Gasteiger partial charge in [-0.15, -0.1) is 11.3 Å². The van der Waals surface area contributed by atoms with Crippen LogP contribution in [0.2, 0.25) is 5.15 Å². The first-order chi connectivity index (χ1) is 15.7. The largest absolute Gasteiger partial charge is 0.452 e. The summed E-state index contributed by atoms with van der Waals surface area (Å²) in [6, 6.07) is 7.90. The Bertz CT molecular complexity index is 1250. The van der Waals surface area contributed by atoms with Crippen molar-refractivity contribution in [2.24, 2.45) is 5.73 Å². The van der Waals surface area contributed by atoms with Gasteiger partial charge in [-0.2, -0.15) is 5.10 Å². The third kappa shape index (κ3) is 4.79. The van der Waals surface area contributed by atoms with Gasteiger partial charge >= 0.3 is 5.97 Å². The number of nitrogens with one attached hydrogen (secondary N) is 1. The van der Waals surface area contributed by atoms with Crippen LogP contribution in [0.15, 0.2) is 24.3 Å². The first-order valence-corrected chi connectivity index (χ1v) is 11.6. The van der Waals surface area contributed by atoms with Crippen molar-refractivity contribution in [3.05, 3.63) is 67.8 Å². The van der Waals surface area contributed by atoms with E-state index in [1.54, 1.807) is 6.92 Å². The molecule has 8 nitrogen and oxygen atoms in total. The van der Waals surface area contributed by atoms with Crippen molar-refractivity contribution in [3.63, 3.8) is 0 Å². The Morgan fingerprint density at radius 1 is 1.18 bits per heavy atom. The molecule has 2 aromatic heterocycles. The lowest BCUT2D eigenvalue weighted by molar-refractivity contribution is -0.119. The number of primary amides is 1. The fraction of sp³-hybridized carbons (Fsp3) is 0.304. The van der Waals surface area contributed by atoms with Crippen molar-refractivity contribution < 1.29 is 19.1 Å². The second-order valence-electron chi connectivity index (χ2n) is 7.94. The minimum absolute atomic E-state index is 0.115. The van der Waals surface area contributed by atoms with E-state index in [1.807, 2.05) is 31.2 Å². The molecule has 1 aromatic carbocycles. The highest BCUT2D eigenvalue weighted by Gasteiger charge is 2.27. The summed E-state index contributed by atoms with van der Waals surface area (Å²) in [6.07, 6.45) is 2.58. The van der Waals surface area contributed by atoms with Gasteiger partial charge in [-0.05, 0) is 44.2 Å². The van der Waals surface area contributed by atoms with Crippen LogP contribution < -0.4 is 11.1 Å². The third-order valence-corrected chi connectivity index (χ3v) is 7.07. The normalized spacial score (nSPS) is 12.5. The molecule has 33 heavy (non-hydrogen) atoms. The smallest absolute Gasteiger partial charge is 0.343 e. The van der Waals surface area contributed by atoms with Crippen LogP contribution in [0.25, 0.3) is 0 Å². The van der Waals surface area contributed by atoms with E-state index in [9.17, 15) is 14.4 Å². The van der Waals surface area contributed by atoms with E-state index in [1.165, 1.54) is 16.0 Å². The number of nitrogens with zero attached hydrogens (tertiary/aromatic N) is 2. The number of thiophene rings is 1. The Morgan fingerprint density at radius 2 is 1.91 bits per heavy atom. The maximum absolute atomic E-state index is 12.6. The van der Waals surface area contributed by atoms with E-state index in [0.29, 0.717) is 22.8 Å². The van der Waals surface area contributed by atoms with Gasteiger partial charge in [-0.1, -0.05) is 41.4 Å². The van der Waals surface area contributed by atoms with Gasteiger partial charge in [0.15, 0.2) is 6.61 Å². The molecule has 0 spiro atoms. The van der Waals surface area contributed by atoms with Crippen molar-refractivity contribution in [2.75, 3.05) is 11.9 Å². The lowest BCUT2D eigenvalue weighted by atomic mass is 10.1. The molecule has 172 valence electrons. The maximum atomic E-state index is 12.6. The van der Waals surface area contributed by atoms with Crippen LogP contribution in [0, 0.1) is 13.8 Å². The summed E-state index contributed by atoms with van der Waals surface area (Å²) < 4.78 is 6.70. The fourth-order valence-electron chi connectivity index (χ4n) is 3.88. The molecular formula is C23H23ClN4O4S. The van der Waals surface area contributed by atoms with Gasteiger partial charge in [0.25, 0.3) is 11.8 Å².